The van der Waals surface area contributed by atoms with Crippen LogP contribution in [0.25, 0.3) is 0 Å². The molecular weight excluding hydrogens is 168 g/mol. The standard InChI is InChI=1S/C5H12.3C3H8/c1-3-5-4-2;3*1-3-2/h3-5H2,1-2H3;3*3H2,1-2H3. The molecule has 0 aromatic heterocycles. The molecule has 0 aromatic rings. The van der Waals surface area contributed by atoms with Crippen molar-refractivity contribution in [2.45, 2.75) is 93.9 Å². The number of unbranched alkanes of at least 4 members (excludes halogenated alkanes) is 2. The van der Waals surface area contributed by atoms with Gasteiger partial charge in [0.05, 0.1) is 0 Å². The molecule has 0 saturated heterocycles. The SMILES string of the molecule is CCC.CCC.CCC.CCCCC. The largest absolute Gasteiger partial charge is 0.0656 e. The van der Waals surface area contributed by atoms with E-state index in [-0.39, 0.29) is 0 Å². The third kappa shape index (κ3) is 363. The van der Waals surface area contributed by atoms with Gasteiger partial charge in [-0.25, -0.2) is 0 Å². The zero-order valence-corrected chi connectivity index (χ0v) is 12.2. The maximum absolute atomic E-state index is 2.21. The molecule has 0 nitrogen and oxygen atoms in total. The fraction of sp³-hybridized carbons (Fsp3) is 1.00. The van der Waals surface area contributed by atoms with Crippen LogP contribution in [0.5, 0.6) is 0 Å². The molecule has 0 atom stereocenters. The summed E-state index contributed by atoms with van der Waals surface area (Å²) < 4.78 is 0. The molecule has 0 radical (unpaired) electrons. The molecule has 0 spiro atoms. The molecule has 14 heavy (non-hydrogen) atoms. The van der Waals surface area contributed by atoms with Gasteiger partial charge < -0.3 is 0 Å². The van der Waals surface area contributed by atoms with E-state index in [2.05, 4.69) is 55.4 Å². The van der Waals surface area contributed by atoms with Crippen molar-refractivity contribution in [1.82, 2.24) is 0 Å². The number of hydrogen-bond acceptors (Lipinski definition) is 0. The van der Waals surface area contributed by atoms with Gasteiger partial charge in [0.1, 0.15) is 0 Å². The summed E-state index contributed by atoms with van der Waals surface area (Å²) in [7, 11) is 0. The van der Waals surface area contributed by atoms with Gasteiger partial charge >= 0.3 is 0 Å². The third-order valence-electron chi connectivity index (χ3n) is 0.707. The zero-order chi connectivity index (χ0) is 12.2. The van der Waals surface area contributed by atoms with Crippen LogP contribution in [0.15, 0.2) is 0 Å². The summed E-state index contributed by atoms with van der Waals surface area (Å²) in [5.74, 6) is 0. The van der Waals surface area contributed by atoms with Crippen LogP contribution in [0.1, 0.15) is 93.9 Å². The van der Waals surface area contributed by atoms with Crippen molar-refractivity contribution in [1.29, 1.82) is 0 Å². The molecule has 0 heterocycles. The molecule has 0 N–H and O–H groups in total. The Kier molecular flexibility index (Phi) is 87.9. The average molecular weight is 204 g/mol. The summed E-state index contributed by atoms with van der Waals surface area (Å²) in [5, 5.41) is 0. The van der Waals surface area contributed by atoms with Crippen LogP contribution < -0.4 is 0 Å². The highest BCUT2D eigenvalue weighted by atomic mass is 13.7. The fourth-order valence-corrected chi connectivity index (χ4v) is 0.354. The molecule has 0 saturated carbocycles. The van der Waals surface area contributed by atoms with Gasteiger partial charge in [-0.05, 0) is 0 Å². The quantitative estimate of drug-likeness (QED) is 0.485. The Bertz CT molecular complexity index is 24.3. The molecule has 0 aliphatic carbocycles. The molecule has 0 aliphatic rings. The Balaban J connectivity index is -0.0000000495. The highest BCUT2D eigenvalue weighted by Crippen LogP contribution is 1.88. The van der Waals surface area contributed by atoms with Crippen molar-refractivity contribution in [2.24, 2.45) is 0 Å². The fourth-order valence-electron chi connectivity index (χ4n) is 0.354. The minimum absolute atomic E-state index is 1.25. The maximum atomic E-state index is 2.21. The molecular formula is C14H36. The summed E-state index contributed by atoms with van der Waals surface area (Å²) in [5.41, 5.74) is 0. The monoisotopic (exact) mass is 204 g/mol. The number of hydrogen-bond donors (Lipinski definition) is 0. The Morgan fingerprint density at radius 2 is 0.571 bits per heavy atom. The van der Waals surface area contributed by atoms with Crippen LogP contribution in [0.4, 0.5) is 0 Å². The lowest BCUT2D eigenvalue weighted by atomic mass is 10.3. The van der Waals surface area contributed by atoms with Crippen LogP contribution in [-0.4, -0.2) is 0 Å². The molecule has 0 aliphatic heterocycles. The van der Waals surface area contributed by atoms with E-state index in [1.54, 1.807) is 0 Å². The third-order valence-corrected chi connectivity index (χ3v) is 0.707. The van der Waals surface area contributed by atoms with Gasteiger partial charge in [0.15, 0.2) is 0 Å². The highest BCUT2D eigenvalue weighted by molar-refractivity contribution is 4.24. The molecule has 0 bridgehead atoms. The van der Waals surface area contributed by atoms with Gasteiger partial charge in [0.2, 0.25) is 0 Å². The Hall–Kier alpha value is 0. The Morgan fingerprint density at radius 1 is 0.429 bits per heavy atom. The molecule has 0 unspecified atom stereocenters. The molecule has 0 aromatic carbocycles. The molecule has 0 heteroatoms. The zero-order valence-electron chi connectivity index (χ0n) is 12.2. The van der Waals surface area contributed by atoms with Crippen molar-refractivity contribution >= 4 is 0 Å². The van der Waals surface area contributed by atoms with Crippen LogP contribution in [-0.2, 0) is 0 Å². The molecule has 0 amide bonds. The van der Waals surface area contributed by atoms with E-state index in [0.29, 0.717) is 0 Å². The second-order valence-corrected chi connectivity index (χ2v) is 3.47. The lowest BCUT2D eigenvalue weighted by Gasteiger charge is -1.79. The van der Waals surface area contributed by atoms with Crippen molar-refractivity contribution in [2.75, 3.05) is 0 Å². The van der Waals surface area contributed by atoms with Gasteiger partial charge in [-0.15, -0.1) is 0 Å². The maximum Gasteiger partial charge on any atom is -0.0538 e. The van der Waals surface area contributed by atoms with E-state index in [0.717, 1.165) is 0 Å². The first kappa shape index (κ1) is 23.7. The lowest BCUT2D eigenvalue weighted by molar-refractivity contribution is 0.772. The van der Waals surface area contributed by atoms with E-state index < -0.39 is 0 Å². The summed E-state index contributed by atoms with van der Waals surface area (Å²) in [6.45, 7) is 17.2. The predicted octanol–water partition coefficient (Wildman–Crippen LogP) is 6.45. The van der Waals surface area contributed by atoms with Crippen LogP contribution in [0.3, 0.4) is 0 Å². The van der Waals surface area contributed by atoms with Gasteiger partial charge in [0.25, 0.3) is 0 Å². The first-order valence-corrected chi connectivity index (χ1v) is 6.66. The summed E-state index contributed by atoms with van der Waals surface area (Å²) in [6.07, 6.45) is 7.83. The van der Waals surface area contributed by atoms with Gasteiger partial charge in [-0.3, -0.25) is 0 Å². The minimum atomic E-state index is 1.25. The summed E-state index contributed by atoms with van der Waals surface area (Å²) in [6, 6.07) is 0. The van der Waals surface area contributed by atoms with Gasteiger partial charge in [-0.1, -0.05) is 93.9 Å². The first-order valence-electron chi connectivity index (χ1n) is 6.66. The van der Waals surface area contributed by atoms with E-state index >= 15 is 0 Å². The predicted molar refractivity (Wildman–Crippen MR) is 73.1 cm³/mol. The Morgan fingerprint density at radius 3 is 0.571 bits per heavy atom. The van der Waals surface area contributed by atoms with Crippen LogP contribution >= 0.6 is 0 Å². The van der Waals surface area contributed by atoms with E-state index in [9.17, 15) is 0 Å². The van der Waals surface area contributed by atoms with Crippen molar-refractivity contribution in [3.05, 3.63) is 0 Å². The molecule has 0 rings (SSSR count). The van der Waals surface area contributed by atoms with Crippen LogP contribution in [0.2, 0.25) is 0 Å². The van der Waals surface area contributed by atoms with Crippen molar-refractivity contribution in [3.8, 4) is 0 Å². The lowest BCUT2D eigenvalue weighted by Crippen LogP contribution is -1.59. The normalized spacial score (nSPS) is 6.86. The van der Waals surface area contributed by atoms with Crippen LogP contribution in [0, 0.1) is 0 Å². The second-order valence-electron chi connectivity index (χ2n) is 3.47. The van der Waals surface area contributed by atoms with Crippen molar-refractivity contribution < 1.29 is 0 Å². The van der Waals surface area contributed by atoms with E-state index in [1.165, 1.54) is 38.5 Å². The first-order chi connectivity index (χ1) is 6.66. The topological polar surface area (TPSA) is 0 Å². The summed E-state index contributed by atoms with van der Waals surface area (Å²) >= 11 is 0. The second kappa shape index (κ2) is 52.0. The van der Waals surface area contributed by atoms with E-state index in [1.807, 2.05) is 0 Å². The molecule has 92 valence electrons. The smallest absolute Gasteiger partial charge is 0.0538 e. The molecule has 0 fully saturated rings. The minimum Gasteiger partial charge on any atom is -0.0656 e. The van der Waals surface area contributed by atoms with Gasteiger partial charge in [-0.2, -0.15) is 0 Å². The number of rotatable bonds is 2. The Labute approximate surface area is 94.5 Å². The highest BCUT2D eigenvalue weighted by Gasteiger charge is 1.68. The van der Waals surface area contributed by atoms with Crippen molar-refractivity contribution in [3.63, 3.8) is 0 Å². The van der Waals surface area contributed by atoms with E-state index in [4.69, 9.17) is 0 Å². The average Bonchev–Trinajstić information content (AvgIpc) is 2.09. The van der Waals surface area contributed by atoms with Gasteiger partial charge in [0, 0.05) is 0 Å². The summed E-state index contributed by atoms with van der Waals surface area (Å²) in [4.78, 5) is 0.